The van der Waals surface area contributed by atoms with Gasteiger partial charge in [-0.1, -0.05) is 37.0 Å². The molecule has 7 heteroatoms. The SMILES string of the molecule is CC(C)CCNc1ncc(C(=O)Nc2cc(Cl)ccc2Cl)cn1. The Labute approximate surface area is 145 Å². The Morgan fingerprint density at radius 3 is 2.57 bits per heavy atom. The molecule has 5 nitrogen and oxygen atoms in total. The summed E-state index contributed by atoms with van der Waals surface area (Å²) in [6.45, 7) is 5.09. The molecule has 2 N–H and O–H groups in total. The van der Waals surface area contributed by atoms with Gasteiger partial charge in [-0.15, -0.1) is 0 Å². The van der Waals surface area contributed by atoms with Crippen molar-refractivity contribution in [2.24, 2.45) is 5.92 Å². The summed E-state index contributed by atoms with van der Waals surface area (Å²) in [5, 5.41) is 6.71. The molecule has 0 radical (unpaired) electrons. The summed E-state index contributed by atoms with van der Waals surface area (Å²) in [6, 6.07) is 4.86. The number of hydrogen-bond acceptors (Lipinski definition) is 4. The number of nitrogens with zero attached hydrogens (tertiary/aromatic N) is 2. The second-order valence-corrected chi connectivity index (χ2v) is 6.33. The van der Waals surface area contributed by atoms with Crippen LogP contribution >= 0.6 is 23.2 Å². The average Bonchev–Trinajstić information content (AvgIpc) is 2.51. The zero-order valence-electron chi connectivity index (χ0n) is 12.9. The molecule has 0 aliphatic heterocycles. The van der Waals surface area contributed by atoms with Crippen LogP contribution in [-0.4, -0.2) is 22.4 Å². The van der Waals surface area contributed by atoms with E-state index in [9.17, 15) is 4.79 Å². The predicted octanol–water partition coefficient (Wildman–Crippen LogP) is 4.49. The molecule has 1 aromatic heterocycles. The lowest BCUT2D eigenvalue weighted by Crippen LogP contribution is -2.14. The van der Waals surface area contributed by atoms with E-state index in [-0.39, 0.29) is 5.91 Å². The summed E-state index contributed by atoms with van der Waals surface area (Å²) in [7, 11) is 0. The highest BCUT2D eigenvalue weighted by Crippen LogP contribution is 2.25. The molecule has 0 saturated heterocycles. The Hall–Kier alpha value is -1.85. The third-order valence-electron chi connectivity index (χ3n) is 3.10. The molecule has 0 aliphatic rings. The zero-order chi connectivity index (χ0) is 16.8. The van der Waals surface area contributed by atoms with E-state index in [4.69, 9.17) is 23.2 Å². The van der Waals surface area contributed by atoms with Crippen molar-refractivity contribution >= 4 is 40.7 Å². The fourth-order valence-corrected chi connectivity index (χ4v) is 2.13. The van der Waals surface area contributed by atoms with Crippen LogP contribution < -0.4 is 10.6 Å². The number of carbonyl (C=O) groups excluding carboxylic acids is 1. The van der Waals surface area contributed by atoms with Gasteiger partial charge in [0.15, 0.2) is 0 Å². The quantitative estimate of drug-likeness (QED) is 0.803. The molecule has 0 unspecified atom stereocenters. The molecule has 0 atom stereocenters. The van der Waals surface area contributed by atoms with Crippen LogP contribution in [0.25, 0.3) is 0 Å². The van der Waals surface area contributed by atoms with Gasteiger partial charge in [-0.2, -0.15) is 0 Å². The van der Waals surface area contributed by atoms with Crippen molar-refractivity contribution in [1.82, 2.24) is 9.97 Å². The minimum Gasteiger partial charge on any atom is -0.354 e. The highest BCUT2D eigenvalue weighted by molar-refractivity contribution is 6.35. The maximum atomic E-state index is 12.2. The minimum absolute atomic E-state index is 0.343. The van der Waals surface area contributed by atoms with Gasteiger partial charge in [0, 0.05) is 24.0 Å². The van der Waals surface area contributed by atoms with E-state index in [1.165, 1.54) is 12.4 Å². The van der Waals surface area contributed by atoms with Crippen LogP contribution in [0, 0.1) is 5.92 Å². The first-order valence-corrected chi connectivity index (χ1v) is 8.03. The number of carbonyl (C=O) groups is 1. The second-order valence-electron chi connectivity index (χ2n) is 5.48. The number of nitrogens with one attached hydrogen (secondary N) is 2. The third-order valence-corrected chi connectivity index (χ3v) is 3.66. The number of hydrogen-bond donors (Lipinski definition) is 2. The molecule has 0 aliphatic carbocycles. The van der Waals surface area contributed by atoms with Gasteiger partial charge in [0.25, 0.3) is 5.91 Å². The van der Waals surface area contributed by atoms with Crippen LogP contribution in [0.3, 0.4) is 0 Å². The molecule has 1 heterocycles. The van der Waals surface area contributed by atoms with Crippen molar-refractivity contribution < 1.29 is 4.79 Å². The van der Waals surface area contributed by atoms with Crippen LogP contribution in [0.15, 0.2) is 30.6 Å². The summed E-state index contributed by atoms with van der Waals surface area (Å²) in [6.07, 6.45) is 3.97. The zero-order valence-corrected chi connectivity index (χ0v) is 14.4. The average molecular weight is 353 g/mol. The van der Waals surface area contributed by atoms with E-state index in [1.54, 1.807) is 18.2 Å². The lowest BCUT2D eigenvalue weighted by molar-refractivity contribution is 0.102. The molecule has 0 fully saturated rings. The molecule has 23 heavy (non-hydrogen) atoms. The topological polar surface area (TPSA) is 66.9 Å². The number of benzene rings is 1. The first kappa shape index (κ1) is 17.5. The molecular weight excluding hydrogens is 335 g/mol. The Kier molecular flexibility index (Phi) is 6.19. The third kappa shape index (κ3) is 5.37. The standard InChI is InChI=1S/C16H18Cl2N4O/c1-10(2)5-6-19-16-20-8-11(9-21-16)15(23)22-14-7-12(17)3-4-13(14)18/h3-4,7-10H,5-6H2,1-2H3,(H,22,23)(H,19,20,21). The fourth-order valence-electron chi connectivity index (χ4n) is 1.80. The van der Waals surface area contributed by atoms with Gasteiger partial charge < -0.3 is 10.6 Å². The van der Waals surface area contributed by atoms with Crippen LogP contribution in [0.4, 0.5) is 11.6 Å². The minimum atomic E-state index is -0.345. The Morgan fingerprint density at radius 2 is 1.91 bits per heavy atom. The molecule has 0 spiro atoms. The maximum Gasteiger partial charge on any atom is 0.258 e. The van der Waals surface area contributed by atoms with Crippen LogP contribution in [0.5, 0.6) is 0 Å². The van der Waals surface area contributed by atoms with Crippen molar-refractivity contribution in [1.29, 1.82) is 0 Å². The van der Waals surface area contributed by atoms with E-state index in [2.05, 4.69) is 34.4 Å². The molecule has 0 bridgehead atoms. The lowest BCUT2D eigenvalue weighted by Gasteiger charge is -2.09. The molecule has 122 valence electrons. The molecular formula is C16H18Cl2N4O. The molecule has 2 aromatic rings. The Balaban J connectivity index is 1.98. The summed E-state index contributed by atoms with van der Waals surface area (Å²) in [5.41, 5.74) is 0.791. The maximum absolute atomic E-state index is 12.2. The number of amides is 1. The highest BCUT2D eigenvalue weighted by atomic mass is 35.5. The highest BCUT2D eigenvalue weighted by Gasteiger charge is 2.10. The summed E-state index contributed by atoms with van der Waals surface area (Å²) >= 11 is 11.9. The second kappa shape index (κ2) is 8.13. The number of aromatic nitrogens is 2. The van der Waals surface area contributed by atoms with Crippen molar-refractivity contribution in [2.75, 3.05) is 17.2 Å². The molecule has 0 saturated carbocycles. The van der Waals surface area contributed by atoms with Gasteiger partial charge in [0.05, 0.1) is 16.3 Å². The van der Waals surface area contributed by atoms with Gasteiger partial charge >= 0.3 is 0 Å². The molecule has 1 amide bonds. The van der Waals surface area contributed by atoms with E-state index >= 15 is 0 Å². The van der Waals surface area contributed by atoms with Gasteiger partial charge in [0.2, 0.25) is 5.95 Å². The van der Waals surface area contributed by atoms with Crippen molar-refractivity contribution in [3.63, 3.8) is 0 Å². The van der Waals surface area contributed by atoms with Crippen LogP contribution in [-0.2, 0) is 0 Å². The first-order chi connectivity index (χ1) is 11.0. The van der Waals surface area contributed by atoms with Crippen LogP contribution in [0.1, 0.15) is 30.6 Å². The number of halogens is 2. The van der Waals surface area contributed by atoms with Crippen molar-refractivity contribution in [3.05, 3.63) is 46.2 Å². The van der Waals surface area contributed by atoms with Gasteiger partial charge in [-0.05, 0) is 30.5 Å². The fraction of sp³-hybridized carbons (Fsp3) is 0.312. The smallest absolute Gasteiger partial charge is 0.258 e. The normalized spacial score (nSPS) is 10.7. The first-order valence-electron chi connectivity index (χ1n) is 7.28. The van der Waals surface area contributed by atoms with E-state index in [0.29, 0.717) is 33.2 Å². The van der Waals surface area contributed by atoms with E-state index in [1.807, 2.05) is 0 Å². The predicted molar refractivity (Wildman–Crippen MR) is 94.4 cm³/mol. The van der Waals surface area contributed by atoms with E-state index < -0.39 is 0 Å². The Morgan fingerprint density at radius 1 is 1.22 bits per heavy atom. The number of rotatable bonds is 6. The summed E-state index contributed by atoms with van der Waals surface area (Å²) in [5.74, 6) is 0.765. The van der Waals surface area contributed by atoms with E-state index in [0.717, 1.165) is 13.0 Å². The van der Waals surface area contributed by atoms with Crippen molar-refractivity contribution in [3.8, 4) is 0 Å². The summed E-state index contributed by atoms with van der Waals surface area (Å²) < 4.78 is 0. The monoisotopic (exact) mass is 352 g/mol. The Bertz CT molecular complexity index is 674. The number of anilines is 2. The van der Waals surface area contributed by atoms with Gasteiger partial charge in [-0.3, -0.25) is 4.79 Å². The summed E-state index contributed by atoms with van der Waals surface area (Å²) in [4.78, 5) is 20.5. The van der Waals surface area contributed by atoms with Crippen molar-refractivity contribution in [2.45, 2.75) is 20.3 Å². The van der Waals surface area contributed by atoms with Gasteiger partial charge in [-0.25, -0.2) is 9.97 Å². The molecule has 2 rings (SSSR count). The van der Waals surface area contributed by atoms with Gasteiger partial charge in [0.1, 0.15) is 0 Å². The largest absolute Gasteiger partial charge is 0.354 e. The lowest BCUT2D eigenvalue weighted by atomic mass is 10.1. The van der Waals surface area contributed by atoms with Crippen LogP contribution in [0.2, 0.25) is 10.0 Å². The molecule has 1 aromatic carbocycles.